The molecular weight excluding hydrogens is 228 g/mol. The van der Waals surface area contributed by atoms with E-state index in [9.17, 15) is 4.79 Å². The Kier molecular flexibility index (Phi) is 2.59. The van der Waals surface area contributed by atoms with Gasteiger partial charge in [-0.25, -0.2) is 4.98 Å². The zero-order valence-electron chi connectivity index (χ0n) is 10.1. The summed E-state index contributed by atoms with van der Waals surface area (Å²) in [5.41, 5.74) is 2.01. The Bertz CT molecular complexity index is 569. The monoisotopic (exact) mass is 242 g/mol. The van der Waals surface area contributed by atoms with E-state index in [1.807, 2.05) is 25.4 Å². The first-order valence-corrected chi connectivity index (χ1v) is 5.98. The second-order valence-electron chi connectivity index (χ2n) is 4.60. The first-order valence-electron chi connectivity index (χ1n) is 5.98. The molecule has 1 amide bonds. The van der Waals surface area contributed by atoms with Crippen molar-refractivity contribution in [3.05, 3.63) is 30.7 Å². The molecule has 2 aromatic heterocycles. The largest absolute Gasteiger partial charge is 0.310 e. The third-order valence-electron chi connectivity index (χ3n) is 3.00. The highest BCUT2D eigenvalue weighted by Gasteiger charge is 2.29. The van der Waals surface area contributed by atoms with Crippen molar-refractivity contribution in [2.45, 2.75) is 12.8 Å². The number of carbonyl (C=O) groups is 1. The molecule has 0 unspecified atom stereocenters. The zero-order valence-corrected chi connectivity index (χ0v) is 10.1. The first-order chi connectivity index (χ1) is 8.72. The second-order valence-corrected chi connectivity index (χ2v) is 4.60. The van der Waals surface area contributed by atoms with Gasteiger partial charge in [-0.3, -0.25) is 9.48 Å². The molecule has 0 spiro atoms. The molecule has 0 aliphatic heterocycles. The van der Waals surface area contributed by atoms with Gasteiger partial charge in [0.15, 0.2) is 0 Å². The Hall–Kier alpha value is -2.17. The van der Waals surface area contributed by atoms with Gasteiger partial charge in [0.2, 0.25) is 5.91 Å². The molecule has 0 atom stereocenters. The number of amides is 1. The maximum Gasteiger partial charge on any atom is 0.228 e. The van der Waals surface area contributed by atoms with E-state index in [0.717, 1.165) is 24.0 Å². The van der Waals surface area contributed by atoms with Crippen LogP contribution >= 0.6 is 0 Å². The first kappa shape index (κ1) is 11.0. The number of hydrogen-bond acceptors (Lipinski definition) is 3. The number of carbonyl (C=O) groups excluding carboxylic acids is 1. The van der Waals surface area contributed by atoms with E-state index in [1.165, 1.54) is 0 Å². The lowest BCUT2D eigenvalue weighted by atomic mass is 10.2. The number of nitrogens with zero attached hydrogens (tertiary/aromatic N) is 3. The van der Waals surface area contributed by atoms with E-state index in [-0.39, 0.29) is 11.8 Å². The summed E-state index contributed by atoms with van der Waals surface area (Å²) in [6, 6.07) is 3.76. The third-order valence-corrected chi connectivity index (χ3v) is 3.00. The third kappa shape index (κ3) is 2.25. The Morgan fingerprint density at radius 3 is 2.72 bits per heavy atom. The van der Waals surface area contributed by atoms with Crippen LogP contribution in [0.2, 0.25) is 0 Å². The quantitative estimate of drug-likeness (QED) is 0.893. The summed E-state index contributed by atoms with van der Waals surface area (Å²) in [5.74, 6) is 0.890. The fourth-order valence-electron chi connectivity index (χ4n) is 1.78. The Labute approximate surface area is 105 Å². The van der Waals surface area contributed by atoms with Crippen molar-refractivity contribution < 1.29 is 4.79 Å². The molecule has 5 heteroatoms. The molecule has 1 saturated carbocycles. The van der Waals surface area contributed by atoms with Crippen LogP contribution in [0.5, 0.6) is 0 Å². The highest BCUT2D eigenvalue weighted by molar-refractivity contribution is 5.93. The Balaban J connectivity index is 1.74. The van der Waals surface area contributed by atoms with Gasteiger partial charge in [-0.2, -0.15) is 5.10 Å². The van der Waals surface area contributed by atoms with Crippen LogP contribution in [0, 0.1) is 5.92 Å². The SMILES string of the molecule is Cn1cc(-c2ccc(NC(=O)C3CC3)nc2)cn1. The van der Waals surface area contributed by atoms with Gasteiger partial charge >= 0.3 is 0 Å². The molecule has 1 N–H and O–H groups in total. The van der Waals surface area contributed by atoms with Crippen molar-refractivity contribution in [3.8, 4) is 11.1 Å². The van der Waals surface area contributed by atoms with E-state index >= 15 is 0 Å². The molecule has 2 aromatic rings. The number of rotatable bonds is 3. The fraction of sp³-hybridized carbons (Fsp3) is 0.308. The van der Waals surface area contributed by atoms with Crippen LogP contribution in [0.15, 0.2) is 30.7 Å². The van der Waals surface area contributed by atoms with Gasteiger partial charge < -0.3 is 5.32 Å². The lowest BCUT2D eigenvalue weighted by molar-refractivity contribution is -0.117. The fourth-order valence-corrected chi connectivity index (χ4v) is 1.78. The number of nitrogens with one attached hydrogen (secondary N) is 1. The van der Waals surface area contributed by atoms with E-state index in [4.69, 9.17) is 0 Å². The minimum Gasteiger partial charge on any atom is -0.310 e. The molecule has 3 rings (SSSR count). The van der Waals surface area contributed by atoms with Crippen molar-refractivity contribution >= 4 is 11.7 Å². The van der Waals surface area contributed by atoms with E-state index in [2.05, 4.69) is 15.4 Å². The summed E-state index contributed by atoms with van der Waals surface area (Å²) in [5, 5.41) is 6.93. The number of aromatic nitrogens is 3. The molecular formula is C13H14N4O. The number of hydrogen-bond donors (Lipinski definition) is 1. The highest BCUT2D eigenvalue weighted by atomic mass is 16.2. The van der Waals surface area contributed by atoms with Gasteiger partial charge in [0.1, 0.15) is 5.82 Å². The standard InChI is InChI=1S/C13H14N4O/c1-17-8-11(7-15-17)10-4-5-12(14-6-10)16-13(18)9-2-3-9/h4-9H,2-3H2,1H3,(H,14,16,18). The predicted octanol–water partition coefficient (Wildman–Crippen LogP) is 1.83. The Morgan fingerprint density at radius 1 is 1.33 bits per heavy atom. The number of pyridine rings is 1. The molecule has 92 valence electrons. The van der Waals surface area contributed by atoms with Crippen molar-refractivity contribution in [2.24, 2.45) is 13.0 Å². The van der Waals surface area contributed by atoms with Crippen LogP contribution in [0.1, 0.15) is 12.8 Å². The van der Waals surface area contributed by atoms with Gasteiger partial charge in [-0.15, -0.1) is 0 Å². The minimum atomic E-state index is 0.0802. The highest BCUT2D eigenvalue weighted by Crippen LogP contribution is 2.30. The van der Waals surface area contributed by atoms with Crippen LogP contribution < -0.4 is 5.32 Å². The summed E-state index contributed by atoms with van der Waals surface area (Å²) >= 11 is 0. The summed E-state index contributed by atoms with van der Waals surface area (Å²) in [7, 11) is 1.88. The molecule has 0 aromatic carbocycles. The lowest BCUT2D eigenvalue weighted by Gasteiger charge is -2.03. The normalized spacial score (nSPS) is 14.5. The summed E-state index contributed by atoms with van der Waals surface area (Å²) in [4.78, 5) is 15.8. The zero-order chi connectivity index (χ0) is 12.5. The van der Waals surface area contributed by atoms with Gasteiger partial charge in [0.25, 0.3) is 0 Å². The molecule has 0 radical (unpaired) electrons. The van der Waals surface area contributed by atoms with Crippen LogP contribution in [0.3, 0.4) is 0 Å². The van der Waals surface area contributed by atoms with Gasteiger partial charge in [-0.1, -0.05) is 0 Å². The van der Waals surface area contributed by atoms with Gasteiger partial charge in [0, 0.05) is 36.5 Å². The molecule has 5 nitrogen and oxygen atoms in total. The molecule has 0 bridgehead atoms. The Morgan fingerprint density at radius 2 is 2.17 bits per heavy atom. The predicted molar refractivity (Wildman–Crippen MR) is 67.8 cm³/mol. The lowest BCUT2D eigenvalue weighted by Crippen LogP contribution is -2.14. The average molecular weight is 242 g/mol. The topological polar surface area (TPSA) is 59.8 Å². The summed E-state index contributed by atoms with van der Waals surface area (Å²) in [6.45, 7) is 0. The van der Waals surface area contributed by atoms with Crippen molar-refractivity contribution in [1.29, 1.82) is 0 Å². The minimum absolute atomic E-state index is 0.0802. The molecule has 1 fully saturated rings. The van der Waals surface area contributed by atoms with Crippen molar-refractivity contribution in [2.75, 3.05) is 5.32 Å². The van der Waals surface area contributed by atoms with Crippen LogP contribution in [0.4, 0.5) is 5.82 Å². The van der Waals surface area contributed by atoms with Gasteiger partial charge in [0.05, 0.1) is 6.20 Å². The maximum atomic E-state index is 11.6. The molecule has 18 heavy (non-hydrogen) atoms. The van der Waals surface area contributed by atoms with E-state index < -0.39 is 0 Å². The van der Waals surface area contributed by atoms with Crippen molar-refractivity contribution in [3.63, 3.8) is 0 Å². The molecule has 1 aliphatic carbocycles. The molecule has 2 heterocycles. The van der Waals surface area contributed by atoms with Crippen LogP contribution in [0.25, 0.3) is 11.1 Å². The molecule has 1 aliphatic rings. The van der Waals surface area contributed by atoms with Gasteiger partial charge in [-0.05, 0) is 25.0 Å². The molecule has 0 saturated heterocycles. The summed E-state index contributed by atoms with van der Waals surface area (Å²) in [6.07, 6.45) is 7.47. The number of aryl methyl sites for hydroxylation is 1. The smallest absolute Gasteiger partial charge is 0.228 e. The van der Waals surface area contributed by atoms with Crippen LogP contribution in [-0.4, -0.2) is 20.7 Å². The summed E-state index contributed by atoms with van der Waals surface area (Å²) < 4.78 is 1.75. The van der Waals surface area contributed by atoms with Crippen LogP contribution in [-0.2, 0) is 11.8 Å². The van der Waals surface area contributed by atoms with Crippen molar-refractivity contribution in [1.82, 2.24) is 14.8 Å². The van der Waals surface area contributed by atoms with E-state index in [1.54, 1.807) is 17.1 Å². The maximum absolute atomic E-state index is 11.6. The number of anilines is 1. The average Bonchev–Trinajstić information content (AvgIpc) is 3.13. The second kappa shape index (κ2) is 4.25. The van der Waals surface area contributed by atoms with E-state index in [0.29, 0.717) is 5.82 Å².